The van der Waals surface area contributed by atoms with Gasteiger partial charge in [0.05, 0.1) is 10.6 Å². The van der Waals surface area contributed by atoms with Gasteiger partial charge < -0.3 is 9.52 Å². The zero-order valence-corrected chi connectivity index (χ0v) is 13.8. The molecule has 0 fully saturated rings. The Morgan fingerprint density at radius 3 is 2.50 bits per heavy atom. The van der Waals surface area contributed by atoms with Gasteiger partial charge in [-0.3, -0.25) is 0 Å². The Hall–Kier alpha value is -2.57. The van der Waals surface area contributed by atoms with Gasteiger partial charge in [0.2, 0.25) is 5.89 Å². The van der Waals surface area contributed by atoms with Gasteiger partial charge in [-0.2, -0.15) is 0 Å². The summed E-state index contributed by atoms with van der Waals surface area (Å²) >= 11 is 6.98. The van der Waals surface area contributed by atoms with Gasteiger partial charge >= 0.3 is 5.97 Å². The first-order valence-electron chi connectivity index (χ1n) is 6.90. The lowest BCUT2D eigenvalue weighted by molar-refractivity contribution is -0.131. The van der Waals surface area contributed by atoms with E-state index in [4.69, 9.17) is 16.0 Å². The number of hydrogen-bond acceptors (Lipinski definition) is 5. The van der Waals surface area contributed by atoms with E-state index >= 15 is 0 Å². The van der Waals surface area contributed by atoms with Crippen molar-refractivity contribution in [3.8, 4) is 11.5 Å². The van der Waals surface area contributed by atoms with Crippen LogP contribution in [0.1, 0.15) is 5.56 Å². The van der Waals surface area contributed by atoms with Crippen molar-refractivity contribution in [1.29, 1.82) is 0 Å². The monoisotopic (exact) mass is 358 g/mol. The molecule has 0 unspecified atom stereocenters. The Labute approximate surface area is 147 Å². The van der Waals surface area contributed by atoms with Gasteiger partial charge in [0.1, 0.15) is 4.91 Å². The molecule has 0 amide bonds. The first-order chi connectivity index (χ1) is 11.6. The van der Waals surface area contributed by atoms with Crippen molar-refractivity contribution < 1.29 is 14.3 Å². The molecule has 7 heteroatoms. The van der Waals surface area contributed by atoms with Crippen LogP contribution in [-0.4, -0.2) is 21.3 Å². The zero-order valence-electron chi connectivity index (χ0n) is 12.2. The maximum absolute atomic E-state index is 11.4. The molecule has 0 aliphatic carbocycles. The van der Waals surface area contributed by atoms with Crippen molar-refractivity contribution in [3.05, 3.63) is 70.1 Å². The maximum atomic E-state index is 11.4. The number of carbonyl (C=O) groups is 1. The molecule has 2 aromatic carbocycles. The molecule has 3 aromatic rings. The van der Waals surface area contributed by atoms with Crippen LogP contribution < -0.4 is 0 Å². The number of halogens is 1. The fourth-order valence-corrected chi connectivity index (χ4v) is 2.81. The van der Waals surface area contributed by atoms with Crippen LogP contribution >= 0.6 is 23.4 Å². The van der Waals surface area contributed by atoms with E-state index in [1.54, 1.807) is 30.3 Å². The second kappa shape index (κ2) is 7.33. The SMILES string of the molecule is O=C(O)/C(=C\c1ccccc1)Sc1nnc(-c2ccccc2Cl)o1. The quantitative estimate of drug-likeness (QED) is 0.530. The third-order valence-corrected chi connectivity index (χ3v) is 4.20. The van der Waals surface area contributed by atoms with E-state index in [1.807, 2.05) is 30.3 Å². The summed E-state index contributed by atoms with van der Waals surface area (Å²) in [7, 11) is 0. The fourth-order valence-electron chi connectivity index (χ4n) is 1.92. The lowest BCUT2D eigenvalue weighted by atomic mass is 10.2. The number of hydrogen-bond donors (Lipinski definition) is 1. The Kier molecular flexibility index (Phi) is 4.98. The number of rotatable bonds is 5. The fraction of sp³-hybridized carbons (Fsp3) is 0. The largest absolute Gasteiger partial charge is 0.477 e. The second-order valence-electron chi connectivity index (χ2n) is 4.68. The molecule has 1 N–H and O–H groups in total. The Morgan fingerprint density at radius 1 is 1.08 bits per heavy atom. The predicted molar refractivity (Wildman–Crippen MR) is 92.7 cm³/mol. The highest BCUT2D eigenvalue weighted by Crippen LogP contribution is 2.32. The highest BCUT2D eigenvalue weighted by Gasteiger charge is 2.16. The van der Waals surface area contributed by atoms with E-state index in [0.29, 0.717) is 10.6 Å². The van der Waals surface area contributed by atoms with E-state index in [-0.39, 0.29) is 16.0 Å². The summed E-state index contributed by atoms with van der Waals surface area (Å²) in [5, 5.41) is 17.8. The van der Waals surface area contributed by atoms with E-state index in [0.717, 1.165) is 17.3 Å². The van der Waals surface area contributed by atoms with Gasteiger partial charge in [-0.05, 0) is 35.5 Å². The van der Waals surface area contributed by atoms with Crippen LogP contribution in [0.4, 0.5) is 0 Å². The molecule has 0 bridgehead atoms. The number of benzene rings is 2. The van der Waals surface area contributed by atoms with E-state index in [1.165, 1.54) is 0 Å². The molecule has 0 atom stereocenters. The topological polar surface area (TPSA) is 76.2 Å². The molecule has 0 saturated heterocycles. The minimum absolute atomic E-state index is 0.0792. The van der Waals surface area contributed by atoms with Crippen LogP contribution in [0.15, 0.2) is 69.1 Å². The average Bonchev–Trinajstić information content (AvgIpc) is 3.04. The van der Waals surface area contributed by atoms with Gasteiger partial charge in [0.15, 0.2) is 0 Å². The van der Waals surface area contributed by atoms with E-state index in [9.17, 15) is 9.90 Å². The van der Waals surface area contributed by atoms with Crippen LogP contribution in [0, 0.1) is 0 Å². The van der Waals surface area contributed by atoms with Crippen molar-refractivity contribution in [2.75, 3.05) is 0 Å². The number of carboxylic acid groups (broad SMARTS) is 1. The van der Waals surface area contributed by atoms with Crippen LogP contribution in [-0.2, 0) is 4.79 Å². The van der Waals surface area contributed by atoms with Gasteiger partial charge in [-0.25, -0.2) is 4.79 Å². The first kappa shape index (κ1) is 16.3. The van der Waals surface area contributed by atoms with Crippen LogP contribution in [0.3, 0.4) is 0 Å². The van der Waals surface area contributed by atoms with Crippen LogP contribution in [0.25, 0.3) is 17.5 Å². The second-order valence-corrected chi connectivity index (χ2v) is 6.08. The highest BCUT2D eigenvalue weighted by molar-refractivity contribution is 8.03. The summed E-state index contributed by atoms with van der Waals surface area (Å²) in [6.45, 7) is 0. The van der Waals surface area contributed by atoms with Crippen molar-refractivity contribution in [1.82, 2.24) is 10.2 Å². The van der Waals surface area contributed by atoms with E-state index < -0.39 is 5.97 Å². The van der Waals surface area contributed by atoms with Gasteiger partial charge in [-0.15, -0.1) is 10.2 Å². The molecule has 1 heterocycles. The van der Waals surface area contributed by atoms with E-state index in [2.05, 4.69) is 10.2 Å². The number of aromatic nitrogens is 2. The molecular formula is C17H11ClN2O3S. The van der Waals surface area contributed by atoms with Crippen LogP contribution in [0.5, 0.6) is 0 Å². The summed E-state index contributed by atoms with van der Waals surface area (Å²) in [6.07, 6.45) is 1.55. The third-order valence-electron chi connectivity index (χ3n) is 3.02. The lowest BCUT2D eigenvalue weighted by Crippen LogP contribution is -1.96. The van der Waals surface area contributed by atoms with Crippen LogP contribution in [0.2, 0.25) is 5.02 Å². The minimum Gasteiger partial charge on any atom is -0.477 e. The first-order valence-corrected chi connectivity index (χ1v) is 8.09. The molecule has 24 heavy (non-hydrogen) atoms. The summed E-state index contributed by atoms with van der Waals surface area (Å²) in [5.74, 6) is -0.825. The predicted octanol–water partition coefficient (Wildman–Crippen LogP) is 4.61. The van der Waals surface area contributed by atoms with Gasteiger partial charge in [0.25, 0.3) is 5.22 Å². The molecule has 0 saturated carbocycles. The third kappa shape index (κ3) is 3.84. The Bertz CT molecular complexity index is 894. The molecule has 0 aliphatic heterocycles. The lowest BCUT2D eigenvalue weighted by Gasteiger charge is -1.99. The molecule has 1 aromatic heterocycles. The molecule has 0 aliphatic rings. The summed E-state index contributed by atoms with van der Waals surface area (Å²) in [6, 6.07) is 16.2. The Balaban J connectivity index is 1.86. The number of carboxylic acids is 1. The standard InChI is InChI=1S/C17H11ClN2O3S/c18-13-9-5-4-8-12(13)15-19-20-17(23-15)24-14(16(21)22)10-11-6-2-1-3-7-11/h1-10H,(H,21,22)/b14-10+. The van der Waals surface area contributed by atoms with Gasteiger partial charge in [-0.1, -0.05) is 54.1 Å². The summed E-state index contributed by atoms with van der Waals surface area (Å²) < 4.78 is 5.52. The van der Waals surface area contributed by atoms with Crippen molar-refractivity contribution in [3.63, 3.8) is 0 Å². The average molecular weight is 359 g/mol. The molecule has 5 nitrogen and oxygen atoms in total. The normalized spacial score (nSPS) is 11.5. The molecule has 0 radical (unpaired) electrons. The molecule has 3 rings (SSSR count). The molecule has 120 valence electrons. The highest BCUT2D eigenvalue weighted by atomic mass is 35.5. The smallest absolute Gasteiger partial charge is 0.342 e. The molecule has 0 spiro atoms. The van der Waals surface area contributed by atoms with Gasteiger partial charge in [0, 0.05) is 0 Å². The van der Waals surface area contributed by atoms with Crippen molar-refractivity contribution in [2.45, 2.75) is 5.22 Å². The Morgan fingerprint density at radius 2 is 1.79 bits per heavy atom. The number of aliphatic carboxylic acids is 1. The molecular weight excluding hydrogens is 348 g/mol. The number of nitrogens with zero attached hydrogens (tertiary/aromatic N) is 2. The maximum Gasteiger partial charge on any atom is 0.342 e. The van der Waals surface area contributed by atoms with Crippen molar-refractivity contribution >= 4 is 35.4 Å². The summed E-state index contributed by atoms with van der Waals surface area (Å²) in [4.78, 5) is 11.5. The number of thioether (sulfide) groups is 1. The van der Waals surface area contributed by atoms with Crippen molar-refractivity contribution in [2.24, 2.45) is 0 Å². The zero-order chi connectivity index (χ0) is 16.9. The minimum atomic E-state index is -1.07. The summed E-state index contributed by atoms with van der Waals surface area (Å²) in [5.41, 5.74) is 1.37.